The van der Waals surface area contributed by atoms with Gasteiger partial charge in [0.1, 0.15) is 6.04 Å². The third-order valence-electron chi connectivity index (χ3n) is 3.10. The average Bonchev–Trinajstić information content (AvgIpc) is 3.24. The molecule has 2 rings (SSSR count). The number of hydrogen-bond acceptors (Lipinski definition) is 3. The molecule has 0 radical (unpaired) electrons. The standard InChI is InChI=1S/C14H16BrNO3/c1-19-14(18)12(16-13(17)10-4-5-10)8-9-2-6-11(15)7-3-9/h2-3,6-7,10,12H,4-5,8H2,1H3,(H,16,17)/t12-/m1/s1. The van der Waals surface area contributed by atoms with Crippen molar-refractivity contribution >= 4 is 27.8 Å². The molecule has 1 aliphatic rings. The summed E-state index contributed by atoms with van der Waals surface area (Å²) in [5.74, 6) is -0.374. The summed E-state index contributed by atoms with van der Waals surface area (Å²) in [6, 6.07) is 7.05. The maximum atomic E-state index is 11.8. The SMILES string of the molecule is COC(=O)[C@@H](Cc1ccc(Br)cc1)NC(=O)C1CC1. The van der Waals surface area contributed by atoms with E-state index >= 15 is 0 Å². The van der Waals surface area contributed by atoms with Gasteiger partial charge in [0.15, 0.2) is 0 Å². The Bertz CT molecular complexity index is 468. The molecule has 19 heavy (non-hydrogen) atoms. The zero-order chi connectivity index (χ0) is 13.8. The molecule has 0 aliphatic heterocycles. The van der Waals surface area contributed by atoms with Gasteiger partial charge in [-0.2, -0.15) is 0 Å². The van der Waals surface area contributed by atoms with E-state index in [4.69, 9.17) is 4.74 Å². The lowest BCUT2D eigenvalue weighted by Gasteiger charge is -2.16. The van der Waals surface area contributed by atoms with Gasteiger partial charge in [0.05, 0.1) is 7.11 Å². The minimum absolute atomic E-state index is 0.0486. The van der Waals surface area contributed by atoms with Crippen molar-refractivity contribution in [2.75, 3.05) is 7.11 Å². The summed E-state index contributed by atoms with van der Waals surface area (Å²) in [7, 11) is 1.33. The van der Waals surface area contributed by atoms with Crippen molar-refractivity contribution in [3.05, 3.63) is 34.3 Å². The summed E-state index contributed by atoms with van der Waals surface area (Å²) in [4.78, 5) is 23.5. The predicted molar refractivity (Wildman–Crippen MR) is 74.5 cm³/mol. The molecule has 1 amide bonds. The number of ether oxygens (including phenoxy) is 1. The van der Waals surface area contributed by atoms with Crippen LogP contribution in [0.5, 0.6) is 0 Å². The number of esters is 1. The summed E-state index contributed by atoms with van der Waals surface area (Å²) < 4.78 is 5.73. The van der Waals surface area contributed by atoms with Crippen molar-refractivity contribution in [2.24, 2.45) is 5.92 Å². The molecule has 1 aromatic rings. The first-order valence-corrected chi connectivity index (χ1v) is 7.02. The second-order valence-corrected chi connectivity index (χ2v) is 5.60. The van der Waals surface area contributed by atoms with Crippen molar-refractivity contribution in [1.29, 1.82) is 0 Å². The van der Waals surface area contributed by atoms with Crippen LogP contribution in [0.15, 0.2) is 28.7 Å². The van der Waals surface area contributed by atoms with Crippen LogP contribution in [0.25, 0.3) is 0 Å². The largest absolute Gasteiger partial charge is 0.467 e. The highest BCUT2D eigenvalue weighted by atomic mass is 79.9. The third kappa shape index (κ3) is 4.06. The third-order valence-corrected chi connectivity index (χ3v) is 3.63. The second-order valence-electron chi connectivity index (χ2n) is 4.69. The van der Waals surface area contributed by atoms with Crippen LogP contribution in [-0.4, -0.2) is 25.0 Å². The van der Waals surface area contributed by atoms with Crippen LogP contribution in [-0.2, 0) is 20.7 Å². The molecule has 5 heteroatoms. The molecule has 1 atom stereocenters. The molecular weight excluding hydrogens is 310 g/mol. The Hall–Kier alpha value is -1.36. The van der Waals surface area contributed by atoms with Gasteiger partial charge in [-0.05, 0) is 30.5 Å². The molecule has 1 saturated carbocycles. The number of nitrogens with one attached hydrogen (secondary N) is 1. The molecule has 1 aromatic carbocycles. The first-order chi connectivity index (χ1) is 9.10. The first kappa shape index (κ1) is 14.1. The van der Waals surface area contributed by atoms with E-state index in [-0.39, 0.29) is 11.8 Å². The Kier molecular flexibility index (Phi) is 4.58. The van der Waals surface area contributed by atoms with Crippen LogP contribution < -0.4 is 5.32 Å². The molecule has 0 heterocycles. The zero-order valence-electron chi connectivity index (χ0n) is 10.7. The summed E-state index contributed by atoms with van der Waals surface area (Å²) >= 11 is 3.36. The monoisotopic (exact) mass is 325 g/mol. The Morgan fingerprint density at radius 1 is 1.37 bits per heavy atom. The zero-order valence-corrected chi connectivity index (χ0v) is 12.3. The number of halogens is 1. The number of rotatable bonds is 5. The first-order valence-electron chi connectivity index (χ1n) is 6.23. The molecule has 1 aliphatic carbocycles. The van der Waals surface area contributed by atoms with E-state index in [1.54, 1.807) is 0 Å². The number of amides is 1. The molecule has 1 fully saturated rings. The van der Waals surface area contributed by atoms with E-state index in [9.17, 15) is 9.59 Å². The quantitative estimate of drug-likeness (QED) is 0.843. The summed E-state index contributed by atoms with van der Waals surface area (Å²) in [6.07, 6.45) is 2.27. The highest BCUT2D eigenvalue weighted by Crippen LogP contribution is 2.29. The van der Waals surface area contributed by atoms with Gasteiger partial charge in [-0.1, -0.05) is 28.1 Å². The Morgan fingerprint density at radius 2 is 2.00 bits per heavy atom. The Morgan fingerprint density at radius 3 is 2.53 bits per heavy atom. The lowest BCUT2D eigenvalue weighted by atomic mass is 10.1. The van der Waals surface area contributed by atoms with Crippen LogP contribution in [0.2, 0.25) is 0 Å². The fraction of sp³-hybridized carbons (Fsp3) is 0.429. The van der Waals surface area contributed by atoms with Crippen molar-refractivity contribution in [3.8, 4) is 0 Å². The van der Waals surface area contributed by atoms with E-state index in [1.165, 1.54) is 7.11 Å². The molecular formula is C14H16BrNO3. The highest BCUT2D eigenvalue weighted by Gasteiger charge is 2.32. The molecule has 0 spiro atoms. The highest BCUT2D eigenvalue weighted by molar-refractivity contribution is 9.10. The van der Waals surface area contributed by atoms with Gasteiger partial charge in [0.25, 0.3) is 0 Å². The van der Waals surface area contributed by atoms with Crippen molar-refractivity contribution in [1.82, 2.24) is 5.32 Å². The summed E-state index contributed by atoms with van der Waals surface area (Å²) in [5, 5.41) is 2.77. The molecule has 1 N–H and O–H groups in total. The van der Waals surface area contributed by atoms with E-state index < -0.39 is 12.0 Å². The van der Waals surface area contributed by atoms with Crippen LogP contribution in [0, 0.1) is 5.92 Å². The van der Waals surface area contributed by atoms with E-state index in [1.807, 2.05) is 24.3 Å². The molecule has 0 aromatic heterocycles. The minimum Gasteiger partial charge on any atom is -0.467 e. The second kappa shape index (κ2) is 6.19. The predicted octanol–water partition coefficient (Wildman–Crippen LogP) is 2.06. The van der Waals surface area contributed by atoms with Gasteiger partial charge >= 0.3 is 5.97 Å². The summed E-state index contributed by atoms with van der Waals surface area (Å²) in [5.41, 5.74) is 0.981. The average molecular weight is 326 g/mol. The van der Waals surface area contributed by atoms with Crippen molar-refractivity contribution in [3.63, 3.8) is 0 Å². The van der Waals surface area contributed by atoms with Crippen molar-refractivity contribution < 1.29 is 14.3 Å². The lowest BCUT2D eigenvalue weighted by molar-refractivity contribution is -0.145. The Balaban J connectivity index is 2.02. The van der Waals surface area contributed by atoms with E-state index in [0.29, 0.717) is 6.42 Å². The Labute approximate surface area is 120 Å². The normalized spacial score (nSPS) is 15.7. The number of methoxy groups -OCH3 is 1. The molecule has 0 bridgehead atoms. The molecule has 0 unspecified atom stereocenters. The van der Waals surface area contributed by atoms with Crippen LogP contribution >= 0.6 is 15.9 Å². The van der Waals surface area contributed by atoms with Crippen LogP contribution in [0.1, 0.15) is 18.4 Å². The maximum Gasteiger partial charge on any atom is 0.328 e. The van der Waals surface area contributed by atoms with Crippen LogP contribution in [0.4, 0.5) is 0 Å². The van der Waals surface area contributed by atoms with Gasteiger partial charge in [-0.15, -0.1) is 0 Å². The number of carbonyl (C=O) groups is 2. The molecule has 4 nitrogen and oxygen atoms in total. The van der Waals surface area contributed by atoms with Gasteiger partial charge in [-0.3, -0.25) is 4.79 Å². The maximum absolute atomic E-state index is 11.8. The fourth-order valence-corrected chi connectivity index (χ4v) is 2.09. The lowest BCUT2D eigenvalue weighted by Crippen LogP contribution is -2.43. The van der Waals surface area contributed by atoms with Crippen molar-refractivity contribution in [2.45, 2.75) is 25.3 Å². The van der Waals surface area contributed by atoms with Gasteiger partial charge in [-0.25, -0.2) is 4.79 Å². The van der Waals surface area contributed by atoms with E-state index in [2.05, 4.69) is 21.2 Å². The number of benzene rings is 1. The topological polar surface area (TPSA) is 55.4 Å². The molecule has 0 saturated heterocycles. The summed E-state index contributed by atoms with van der Waals surface area (Å²) in [6.45, 7) is 0. The fourth-order valence-electron chi connectivity index (χ4n) is 1.83. The molecule has 102 valence electrons. The number of hydrogen-bond donors (Lipinski definition) is 1. The van der Waals surface area contributed by atoms with Gasteiger partial charge < -0.3 is 10.1 Å². The van der Waals surface area contributed by atoms with Crippen LogP contribution in [0.3, 0.4) is 0 Å². The minimum atomic E-state index is -0.612. The smallest absolute Gasteiger partial charge is 0.328 e. The van der Waals surface area contributed by atoms with Gasteiger partial charge in [0.2, 0.25) is 5.91 Å². The van der Waals surface area contributed by atoms with Gasteiger partial charge in [0, 0.05) is 16.8 Å². The number of carbonyl (C=O) groups excluding carboxylic acids is 2. The van der Waals surface area contributed by atoms with E-state index in [0.717, 1.165) is 22.9 Å².